The maximum absolute atomic E-state index is 11.3. The Morgan fingerprint density at radius 2 is 0.821 bits per heavy atom. The molecule has 8 aromatic rings. The van der Waals surface area contributed by atoms with Gasteiger partial charge in [0.15, 0.2) is 5.15 Å². The second-order valence-corrected chi connectivity index (χ2v) is 33.9. The largest absolute Gasteiger partial charge is 1.00 e. The molecule has 3 radical (unpaired) electrons. The number of nitrogens with zero attached hydrogens (tertiary/aromatic N) is 4. The van der Waals surface area contributed by atoms with E-state index in [0.29, 0.717) is 29.5 Å². The summed E-state index contributed by atoms with van der Waals surface area (Å²) in [4.78, 5) is 38.7. The number of hydrogen-bond donors (Lipinski definition) is 5. The molecule has 22 heteroatoms. The number of aliphatic hydroxyl groups excluding tert-OH is 1. The summed E-state index contributed by atoms with van der Waals surface area (Å²) in [6.07, 6.45) is 8.48. The Kier molecular flexibility index (Phi) is 48.8. The van der Waals surface area contributed by atoms with Gasteiger partial charge in [-0.2, -0.15) is 24.9 Å². The predicted octanol–water partition coefficient (Wildman–Crippen LogP) is 13.1. The summed E-state index contributed by atoms with van der Waals surface area (Å²) in [5, 5.41) is 14.1. The van der Waals surface area contributed by atoms with Crippen molar-refractivity contribution in [1.29, 1.82) is 0 Å². The zero-order valence-electron chi connectivity index (χ0n) is 57.9. The number of ether oxygens (including phenoxy) is 2. The third-order valence-corrected chi connectivity index (χ3v) is 26.7. The number of rotatable bonds is 13. The van der Waals surface area contributed by atoms with Gasteiger partial charge in [0.2, 0.25) is 7.38 Å². The quantitative estimate of drug-likeness (QED) is 0.0237. The number of nitrogens with two attached hydrogens (primary N) is 4. The van der Waals surface area contributed by atoms with Crippen LogP contribution >= 0.6 is 39.7 Å². The molecule has 0 atom stereocenters. The van der Waals surface area contributed by atoms with Gasteiger partial charge in [-0.1, -0.05) is 238 Å². The molecule has 0 fully saturated rings. The zero-order chi connectivity index (χ0) is 66.0. The zero-order valence-corrected chi connectivity index (χ0v) is 65.1. The van der Waals surface area contributed by atoms with Crippen LogP contribution in [0.2, 0.25) is 15.2 Å². The summed E-state index contributed by atoms with van der Waals surface area (Å²) < 4.78 is 16.1. The first-order valence-electron chi connectivity index (χ1n) is 29.2. The molecule has 14 nitrogen and oxygen atoms in total. The van der Waals surface area contributed by atoms with E-state index in [1.807, 2.05) is 72.4 Å². The first-order valence-corrected chi connectivity index (χ1v) is 34.5. The maximum atomic E-state index is 11.3. The van der Waals surface area contributed by atoms with E-state index in [0.717, 1.165) is 33.9 Å². The van der Waals surface area contributed by atoms with Crippen LogP contribution in [0.1, 0.15) is 187 Å². The van der Waals surface area contributed by atoms with Gasteiger partial charge in [0.05, 0.1) is 78.4 Å². The second-order valence-electron chi connectivity index (χ2n) is 23.5. The molecular formula is C73H107BBrCl2LiN8O6Si2Zn-. The molecule has 0 saturated carbocycles. The van der Waals surface area contributed by atoms with Crippen LogP contribution in [-0.4, -0.2) is 75.3 Å². The van der Waals surface area contributed by atoms with Gasteiger partial charge in [-0.25, -0.2) is 14.6 Å². The van der Waals surface area contributed by atoms with Crippen LogP contribution < -0.4 is 62.5 Å². The van der Waals surface area contributed by atoms with Gasteiger partial charge in [-0.3, -0.25) is 15.0 Å². The molecule has 0 bridgehead atoms. The van der Waals surface area contributed by atoms with Gasteiger partial charge in [0, 0.05) is 63.8 Å². The van der Waals surface area contributed by atoms with Crippen LogP contribution in [-0.2, 0) is 46.6 Å². The molecule has 0 aliphatic heterocycles. The summed E-state index contributed by atoms with van der Waals surface area (Å²) >= 11 is 12.8. The SMILES string of the molecule is Br.C.C.C.CC(C)(C)[Si](Cl)(c1ccccc1)c1ccccc1.CC(C)c1nccc(CO)c1N.CC(C)c1nccc(CO[Si](c2ccccc2)(c2ccccc2)C(C)(C)C)c1N.COC(=O)c1ccnc(C(C)C)c1N.COC(=O)c1ccnc(Cl)c1N.C[CH-]C.[B].[H-].[Li+].[Zn]. The fourth-order valence-electron chi connectivity index (χ4n) is 9.54. The average molecular weight is 1480 g/mol. The number of benzene rings is 4. The van der Waals surface area contributed by atoms with Crippen molar-refractivity contribution >= 4 is 119 Å². The molecule has 511 valence electrons. The number of halogens is 3. The van der Waals surface area contributed by atoms with Crippen molar-refractivity contribution in [3.63, 3.8) is 0 Å². The first kappa shape index (κ1) is 98.0. The standard InChI is InChI=1S/C25H32N2OSi.C16H19ClSi.C10H14N2O2.C9H14N2O.C7H7ClN2O2.C3H7.3CH4.B.BrH.Li.Zn.H/c1-19(2)24-23(26)20(16-17-27-24)18-28-29(25(3,4)5,21-12-8-6-9-13-21)22-14-10-7-11-15-22;1-16(2,3)18(17,14-10-6-4-7-11-14)15-12-8-5-9-13-15;1-6(2)9-8(11)7(4-5-12-9)10(13)14-3;1-6(2)9-8(10)7(5-12)3-4-11-9;1-12-7(11)4-2-3-10-6(8)5(4)9;1-3-2;;;;;;;;/h6-17,19H,18,26H2,1-5H3;4-13H,1-3H3;4-6H,11H2,1-3H3;3-4,6,12H,5,10H2,1-2H3;2-3H,9H2,1H3;3H,1-2H3;3*1H4;;1H;;;/q;;;;;-1;;;;;;+1;;-1. The number of aliphatic hydroxyl groups is 1. The van der Waals surface area contributed by atoms with Crippen molar-refractivity contribution < 1.29 is 68.4 Å². The first-order chi connectivity index (χ1) is 41.5. The summed E-state index contributed by atoms with van der Waals surface area (Å²) in [7, 11) is -2.20. The van der Waals surface area contributed by atoms with Crippen LogP contribution in [0.5, 0.6) is 0 Å². The summed E-state index contributed by atoms with van der Waals surface area (Å²) in [5.74, 6) is -0.164. The third kappa shape index (κ3) is 26.9. The molecule has 0 saturated heterocycles. The van der Waals surface area contributed by atoms with Crippen molar-refractivity contribution in [1.82, 2.24) is 19.9 Å². The number of carbonyl (C=O) groups excluding carboxylic acids is 2. The monoisotopic (exact) mass is 1480 g/mol. The van der Waals surface area contributed by atoms with Gasteiger partial charge in [0.1, 0.15) is 0 Å². The van der Waals surface area contributed by atoms with Crippen LogP contribution in [0.15, 0.2) is 170 Å². The summed E-state index contributed by atoms with van der Waals surface area (Å²) in [5.41, 5.74) is 30.3. The topological polar surface area (TPSA) is 238 Å². The van der Waals surface area contributed by atoms with Gasteiger partial charge in [-0.05, 0) is 72.8 Å². The van der Waals surface area contributed by atoms with Crippen molar-refractivity contribution in [3.8, 4) is 0 Å². The Labute approximate surface area is 621 Å². The number of esters is 2. The summed E-state index contributed by atoms with van der Waals surface area (Å²) in [6.45, 7) is 30.3. The number of anilines is 4. The second kappa shape index (κ2) is 47.3. The third-order valence-electron chi connectivity index (χ3n) is 14.0. The molecule has 0 aliphatic rings. The molecule has 4 heterocycles. The van der Waals surface area contributed by atoms with Gasteiger partial charge in [0.25, 0.3) is 8.32 Å². The Balaban J connectivity index is -0.000000266. The molecule has 4 aromatic carbocycles. The van der Waals surface area contributed by atoms with Gasteiger partial charge in [-0.15, -0.1) is 17.0 Å². The number of aromatic nitrogens is 4. The van der Waals surface area contributed by atoms with E-state index in [9.17, 15) is 9.59 Å². The molecule has 0 amide bonds. The van der Waals surface area contributed by atoms with Crippen molar-refractivity contribution in [2.75, 3.05) is 37.2 Å². The number of carbonyl (C=O) groups is 2. The Hall–Kier alpha value is -5.68. The average Bonchev–Trinajstić information content (AvgIpc) is 0.757. The van der Waals surface area contributed by atoms with E-state index in [4.69, 9.17) is 55.1 Å². The minimum Gasteiger partial charge on any atom is -1.00 e. The normalized spacial score (nSPS) is 10.4. The van der Waals surface area contributed by atoms with Crippen molar-refractivity contribution in [3.05, 3.63) is 221 Å². The maximum Gasteiger partial charge on any atom is 1.00 e. The molecule has 9 N–H and O–H groups in total. The molecule has 95 heavy (non-hydrogen) atoms. The Morgan fingerprint density at radius 3 is 1.14 bits per heavy atom. The minimum atomic E-state index is -2.58. The van der Waals surface area contributed by atoms with E-state index in [-0.39, 0.29) is 132 Å². The van der Waals surface area contributed by atoms with Crippen molar-refractivity contribution in [2.45, 2.75) is 160 Å². The van der Waals surface area contributed by atoms with E-state index >= 15 is 0 Å². The van der Waals surface area contributed by atoms with E-state index in [2.05, 4.69) is 194 Å². The van der Waals surface area contributed by atoms with Crippen LogP contribution in [0.25, 0.3) is 0 Å². The van der Waals surface area contributed by atoms with Crippen LogP contribution in [0.3, 0.4) is 0 Å². The minimum absolute atomic E-state index is 0. The fourth-order valence-corrected chi connectivity index (χ4v) is 18.3. The molecule has 4 aromatic heterocycles. The Bertz CT molecular complexity index is 3350. The Morgan fingerprint density at radius 1 is 0.526 bits per heavy atom. The van der Waals surface area contributed by atoms with E-state index in [1.54, 1.807) is 24.5 Å². The molecule has 0 unspecified atom stereocenters. The smallest absolute Gasteiger partial charge is 1.00 e. The van der Waals surface area contributed by atoms with E-state index in [1.165, 1.54) is 47.2 Å². The molecule has 0 aliphatic carbocycles. The number of hydrogen-bond acceptors (Lipinski definition) is 14. The molecule has 8 rings (SSSR count). The number of methoxy groups -OCH3 is 2. The van der Waals surface area contributed by atoms with Gasteiger partial charge >= 0.3 is 30.8 Å². The number of pyridine rings is 4. The van der Waals surface area contributed by atoms with Crippen LogP contribution in [0.4, 0.5) is 22.7 Å². The fraction of sp³-hybridized carbons (Fsp3) is 0.356. The molecule has 0 spiro atoms. The van der Waals surface area contributed by atoms with Crippen LogP contribution in [0, 0.1) is 6.42 Å². The molecular weight excluding hydrogens is 1370 g/mol. The summed E-state index contributed by atoms with van der Waals surface area (Å²) in [6, 6.07) is 49.2. The number of nitrogen functional groups attached to an aromatic ring is 4. The van der Waals surface area contributed by atoms with Gasteiger partial charge < -0.3 is 49.8 Å². The van der Waals surface area contributed by atoms with E-state index < -0.39 is 27.6 Å². The van der Waals surface area contributed by atoms with Crippen molar-refractivity contribution in [2.24, 2.45) is 0 Å². The predicted molar refractivity (Wildman–Crippen MR) is 409 cm³/mol.